The Morgan fingerprint density at radius 1 is 1.39 bits per heavy atom. The number of methoxy groups -OCH3 is 1. The van der Waals surface area contributed by atoms with E-state index in [1.165, 1.54) is 13.2 Å². The first-order valence-electron chi connectivity index (χ1n) is 5.48. The molecule has 1 aromatic carbocycles. The Kier molecular flexibility index (Phi) is 5.38. The molecular formula is C12H16FNO4. The number of esters is 1. The zero-order valence-corrected chi connectivity index (χ0v) is 10.4. The van der Waals surface area contributed by atoms with E-state index < -0.39 is 11.8 Å². The van der Waals surface area contributed by atoms with Gasteiger partial charge in [-0.15, -0.1) is 0 Å². The maximum absolute atomic E-state index is 13.5. The van der Waals surface area contributed by atoms with Crippen molar-refractivity contribution in [2.24, 2.45) is 0 Å². The molecule has 0 unspecified atom stereocenters. The number of rotatable bonds is 6. The summed E-state index contributed by atoms with van der Waals surface area (Å²) in [5.41, 5.74) is 5.66. The summed E-state index contributed by atoms with van der Waals surface area (Å²) < 4.78 is 28.2. The Morgan fingerprint density at radius 2 is 2.11 bits per heavy atom. The van der Waals surface area contributed by atoms with Crippen molar-refractivity contribution in [2.75, 3.05) is 32.7 Å². The Balaban J connectivity index is 2.91. The minimum absolute atomic E-state index is 0.0186. The number of hydrogen-bond donors (Lipinski definition) is 1. The molecule has 0 bridgehead atoms. The van der Waals surface area contributed by atoms with Gasteiger partial charge in [0.1, 0.15) is 6.61 Å². The second-order valence-corrected chi connectivity index (χ2v) is 3.43. The van der Waals surface area contributed by atoms with Gasteiger partial charge in [0.2, 0.25) is 0 Å². The van der Waals surface area contributed by atoms with Gasteiger partial charge in [-0.05, 0) is 13.0 Å². The zero-order chi connectivity index (χ0) is 13.5. The average molecular weight is 257 g/mol. The van der Waals surface area contributed by atoms with Gasteiger partial charge >= 0.3 is 5.97 Å². The highest BCUT2D eigenvalue weighted by atomic mass is 19.1. The largest absolute Gasteiger partial charge is 0.488 e. The summed E-state index contributed by atoms with van der Waals surface area (Å²) in [7, 11) is 1.51. The Hall–Kier alpha value is -1.82. The maximum Gasteiger partial charge on any atom is 0.340 e. The van der Waals surface area contributed by atoms with Crippen molar-refractivity contribution in [3.05, 3.63) is 23.5 Å². The molecule has 100 valence electrons. The molecule has 0 radical (unpaired) electrons. The van der Waals surface area contributed by atoms with Crippen LogP contribution in [-0.4, -0.2) is 32.9 Å². The second-order valence-electron chi connectivity index (χ2n) is 3.43. The number of carbonyl (C=O) groups excluding carboxylic acids is 1. The third-order valence-electron chi connectivity index (χ3n) is 2.14. The van der Waals surface area contributed by atoms with E-state index in [-0.39, 0.29) is 30.2 Å². The molecule has 0 aliphatic carbocycles. The number of ether oxygens (including phenoxy) is 3. The van der Waals surface area contributed by atoms with E-state index in [4.69, 9.17) is 19.9 Å². The highest BCUT2D eigenvalue weighted by molar-refractivity contribution is 5.95. The lowest BCUT2D eigenvalue weighted by Gasteiger charge is -2.10. The van der Waals surface area contributed by atoms with Crippen LogP contribution >= 0.6 is 0 Å². The fraction of sp³-hybridized carbons (Fsp3) is 0.417. The summed E-state index contributed by atoms with van der Waals surface area (Å²) in [5.74, 6) is -1.28. The topological polar surface area (TPSA) is 70.8 Å². The van der Waals surface area contributed by atoms with E-state index in [2.05, 4.69) is 0 Å². The van der Waals surface area contributed by atoms with Gasteiger partial charge in [-0.25, -0.2) is 9.18 Å². The summed E-state index contributed by atoms with van der Waals surface area (Å²) in [6.07, 6.45) is 0. The number of hydrogen-bond acceptors (Lipinski definition) is 5. The van der Waals surface area contributed by atoms with E-state index >= 15 is 0 Å². The summed E-state index contributed by atoms with van der Waals surface area (Å²) in [5, 5.41) is 0. The smallest absolute Gasteiger partial charge is 0.340 e. The lowest BCUT2D eigenvalue weighted by Crippen LogP contribution is -2.11. The van der Waals surface area contributed by atoms with Crippen molar-refractivity contribution in [1.29, 1.82) is 0 Å². The lowest BCUT2D eigenvalue weighted by molar-refractivity contribution is 0.0527. The number of anilines is 1. The molecule has 1 rings (SSSR count). The molecule has 0 amide bonds. The SMILES string of the molecule is CCOC(=O)c1cc(OCCOC)c(F)cc1N. The van der Waals surface area contributed by atoms with Crippen molar-refractivity contribution in [1.82, 2.24) is 0 Å². The van der Waals surface area contributed by atoms with Gasteiger partial charge < -0.3 is 19.9 Å². The summed E-state index contributed by atoms with van der Waals surface area (Å²) in [6, 6.07) is 2.27. The third kappa shape index (κ3) is 3.59. The molecular weight excluding hydrogens is 241 g/mol. The molecule has 0 saturated heterocycles. The van der Waals surface area contributed by atoms with Gasteiger partial charge in [0.05, 0.1) is 18.8 Å². The minimum Gasteiger partial charge on any atom is -0.488 e. The van der Waals surface area contributed by atoms with Crippen LogP contribution < -0.4 is 10.5 Å². The maximum atomic E-state index is 13.5. The number of carbonyl (C=O) groups is 1. The van der Waals surface area contributed by atoms with Crippen LogP contribution in [0, 0.1) is 5.82 Å². The molecule has 0 heterocycles. The number of halogens is 1. The van der Waals surface area contributed by atoms with Crippen LogP contribution in [0.1, 0.15) is 17.3 Å². The molecule has 0 aromatic heterocycles. The monoisotopic (exact) mass is 257 g/mol. The minimum atomic E-state index is -0.628. The highest BCUT2D eigenvalue weighted by Crippen LogP contribution is 2.24. The standard InChI is InChI=1S/C12H16FNO4/c1-3-17-12(15)8-6-11(18-5-4-16-2)9(13)7-10(8)14/h6-7H,3-5,14H2,1-2H3. The van der Waals surface area contributed by atoms with Gasteiger partial charge in [-0.3, -0.25) is 0 Å². The Morgan fingerprint density at radius 3 is 2.72 bits per heavy atom. The van der Waals surface area contributed by atoms with Crippen LogP contribution in [0.2, 0.25) is 0 Å². The summed E-state index contributed by atoms with van der Waals surface area (Å²) in [6.45, 7) is 2.39. The molecule has 6 heteroatoms. The quantitative estimate of drug-likeness (QED) is 0.476. The van der Waals surface area contributed by atoms with Gasteiger partial charge in [-0.2, -0.15) is 0 Å². The molecule has 0 saturated carbocycles. The molecule has 0 spiro atoms. The van der Waals surface area contributed by atoms with Crippen molar-refractivity contribution < 1.29 is 23.4 Å². The van der Waals surface area contributed by atoms with Crippen molar-refractivity contribution in [3.63, 3.8) is 0 Å². The predicted molar refractivity (Wildman–Crippen MR) is 64.1 cm³/mol. The average Bonchev–Trinajstić information content (AvgIpc) is 2.32. The fourth-order valence-electron chi connectivity index (χ4n) is 1.30. The Bertz CT molecular complexity index is 423. The van der Waals surface area contributed by atoms with E-state index in [9.17, 15) is 9.18 Å². The van der Waals surface area contributed by atoms with Crippen molar-refractivity contribution in [2.45, 2.75) is 6.92 Å². The fourth-order valence-corrected chi connectivity index (χ4v) is 1.30. The van der Waals surface area contributed by atoms with Crippen LogP contribution in [0.25, 0.3) is 0 Å². The van der Waals surface area contributed by atoms with Crippen LogP contribution in [-0.2, 0) is 9.47 Å². The normalized spacial score (nSPS) is 10.2. The first kappa shape index (κ1) is 14.2. The van der Waals surface area contributed by atoms with Gasteiger partial charge in [0, 0.05) is 18.9 Å². The van der Waals surface area contributed by atoms with Gasteiger partial charge in [0.25, 0.3) is 0 Å². The molecule has 0 fully saturated rings. The second kappa shape index (κ2) is 6.80. The van der Waals surface area contributed by atoms with Crippen LogP contribution in [0.15, 0.2) is 12.1 Å². The van der Waals surface area contributed by atoms with E-state index in [0.29, 0.717) is 6.61 Å². The molecule has 0 atom stereocenters. The number of benzene rings is 1. The number of nitrogens with two attached hydrogens (primary N) is 1. The Labute approximate surface area is 105 Å². The van der Waals surface area contributed by atoms with Crippen molar-refractivity contribution in [3.8, 4) is 5.75 Å². The van der Waals surface area contributed by atoms with E-state index in [1.54, 1.807) is 6.92 Å². The number of nitrogen functional groups attached to an aromatic ring is 1. The highest BCUT2D eigenvalue weighted by Gasteiger charge is 2.16. The summed E-state index contributed by atoms with van der Waals surface area (Å²) >= 11 is 0. The van der Waals surface area contributed by atoms with Gasteiger partial charge in [-0.1, -0.05) is 0 Å². The molecule has 1 aromatic rings. The molecule has 0 aliphatic heterocycles. The first-order chi connectivity index (χ1) is 8.60. The van der Waals surface area contributed by atoms with E-state index in [1.807, 2.05) is 0 Å². The third-order valence-corrected chi connectivity index (χ3v) is 2.14. The van der Waals surface area contributed by atoms with Crippen LogP contribution in [0.3, 0.4) is 0 Å². The van der Waals surface area contributed by atoms with Crippen LogP contribution in [0.4, 0.5) is 10.1 Å². The molecule has 0 aliphatic rings. The summed E-state index contributed by atoms with van der Waals surface area (Å²) in [4.78, 5) is 11.6. The zero-order valence-electron chi connectivity index (χ0n) is 10.4. The molecule has 2 N–H and O–H groups in total. The van der Waals surface area contributed by atoms with Crippen molar-refractivity contribution >= 4 is 11.7 Å². The molecule has 5 nitrogen and oxygen atoms in total. The first-order valence-corrected chi connectivity index (χ1v) is 5.48. The lowest BCUT2D eigenvalue weighted by atomic mass is 10.1. The predicted octanol–water partition coefficient (Wildman–Crippen LogP) is 1.61. The van der Waals surface area contributed by atoms with Crippen LogP contribution in [0.5, 0.6) is 5.75 Å². The molecule has 18 heavy (non-hydrogen) atoms. The van der Waals surface area contributed by atoms with E-state index in [0.717, 1.165) is 6.07 Å². The van der Waals surface area contributed by atoms with Gasteiger partial charge in [0.15, 0.2) is 11.6 Å².